The van der Waals surface area contributed by atoms with Gasteiger partial charge in [-0.05, 0) is 25.1 Å². The van der Waals surface area contributed by atoms with Crippen LogP contribution in [-0.4, -0.2) is 54.6 Å². The largest absolute Gasteiger partial charge is 0.336 e. The molecule has 0 N–H and O–H groups in total. The van der Waals surface area contributed by atoms with Gasteiger partial charge in [0.1, 0.15) is 10.5 Å². The highest BCUT2D eigenvalue weighted by atomic mass is 35.5. The molecule has 2 aromatic carbocycles. The van der Waals surface area contributed by atoms with E-state index in [9.17, 15) is 23.3 Å². The van der Waals surface area contributed by atoms with Crippen LogP contribution in [0, 0.1) is 17.0 Å². The number of amides is 1. The molecule has 11 heteroatoms. The molecule has 0 aliphatic carbocycles. The fourth-order valence-corrected chi connectivity index (χ4v) is 5.75. The van der Waals surface area contributed by atoms with Gasteiger partial charge < -0.3 is 4.90 Å². The number of carbonyl (C=O) groups excluding carboxylic acids is 1. The summed E-state index contributed by atoms with van der Waals surface area (Å²) < 4.78 is 27.1. The molecule has 0 spiro atoms. The van der Waals surface area contributed by atoms with Crippen molar-refractivity contribution in [1.82, 2.24) is 9.21 Å². The molecule has 1 aliphatic rings. The van der Waals surface area contributed by atoms with Gasteiger partial charge in [-0.25, -0.2) is 8.42 Å². The van der Waals surface area contributed by atoms with E-state index < -0.39 is 20.9 Å². The number of hydrogen-bond acceptors (Lipinski definition) is 5. The van der Waals surface area contributed by atoms with Gasteiger partial charge in [0.25, 0.3) is 11.6 Å². The van der Waals surface area contributed by atoms with Crippen molar-refractivity contribution in [1.29, 1.82) is 0 Å². The summed E-state index contributed by atoms with van der Waals surface area (Å²) in [4.78, 5) is 24.8. The molecular formula is C18H17Cl2N3O5S. The number of nitro groups is 1. The van der Waals surface area contributed by atoms with Crippen molar-refractivity contribution in [2.24, 2.45) is 0 Å². The Labute approximate surface area is 177 Å². The standard InChI is InChI=1S/C18H17Cl2N3O5S/c1-12-4-2-5-13(16(12)23(25)26)18(24)21-8-10-22(11-9-21)29(27,28)17-14(19)6-3-7-15(17)20/h2-7H,8-11H2,1H3. The number of benzene rings is 2. The lowest BCUT2D eigenvalue weighted by molar-refractivity contribution is -0.385. The fraction of sp³-hybridized carbons (Fsp3) is 0.278. The van der Waals surface area contributed by atoms with Crippen LogP contribution in [0.4, 0.5) is 5.69 Å². The minimum Gasteiger partial charge on any atom is -0.336 e. The molecule has 0 bridgehead atoms. The van der Waals surface area contributed by atoms with E-state index >= 15 is 0 Å². The highest BCUT2D eigenvalue weighted by Gasteiger charge is 2.34. The van der Waals surface area contributed by atoms with Crippen LogP contribution in [0.2, 0.25) is 10.0 Å². The summed E-state index contributed by atoms with van der Waals surface area (Å²) in [6, 6.07) is 8.98. The molecule has 1 saturated heterocycles. The zero-order valence-electron chi connectivity index (χ0n) is 15.3. The third-order valence-electron chi connectivity index (χ3n) is 4.69. The number of piperazine rings is 1. The Morgan fingerprint density at radius 1 is 1.03 bits per heavy atom. The topological polar surface area (TPSA) is 101 Å². The van der Waals surface area contributed by atoms with Crippen molar-refractivity contribution in [2.45, 2.75) is 11.8 Å². The predicted octanol–water partition coefficient (Wildman–Crippen LogP) is 3.36. The first kappa shape index (κ1) is 21.5. The van der Waals surface area contributed by atoms with Crippen LogP contribution >= 0.6 is 23.2 Å². The van der Waals surface area contributed by atoms with E-state index in [1.807, 2.05) is 0 Å². The average molecular weight is 458 g/mol. The van der Waals surface area contributed by atoms with Crippen molar-refractivity contribution in [3.05, 3.63) is 67.7 Å². The molecule has 8 nitrogen and oxygen atoms in total. The van der Waals surface area contributed by atoms with E-state index in [-0.39, 0.29) is 52.4 Å². The molecule has 3 rings (SSSR count). The van der Waals surface area contributed by atoms with Crippen molar-refractivity contribution in [2.75, 3.05) is 26.2 Å². The first-order chi connectivity index (χ1) is 13.6. The van der Waals surface area contributed by atoms with Gasteiger partial charge in [-0.1, -0.05) is 41.4 Å². The number of aryl methyl sites for hydroxylation is 1. The van der Waals surface area contributed by atoms with Gasteiger partial charge in [-0.15, -0.1) is 0 Å². The third-order valence-corrected chi connectivity index (χ3v) is 7.55. The number of carbonyl (C=O) groups is 1. The molecule has 0 unspecified atom stereocenters. The maximum atomic E-state index is 12.9. The Morgan fingerprint density at radius 2 is 1.59 bits per heavy atom. The molecule has 0 saturated carbocycles. The second kappa shape index (κ2) is 8.27. The molecule has 0 aromatic heterocycles. The monoisotopic (exact) mass is 457 g/mol. The summed E-state index contributed by atoms with van der Waals surface area (Å²) in [5.41, 5.74) is 0.131. The van der Waals surface area contributed by atoms with Gasteiger partial charge in [0.05, 0.1) is 15.0 Å². The number of sulfonamides is 1. The van der Waals surface area contributed by atoms with Gasteiger partial charge in [0.2, 0.25) is 10.0 Å². The lowest BCUT2D eigenvalue weighted by atomic mass is 10.1. The molecule has 0 atom stereocenters. The van der Waals surface area contributed by atoms with Gasteiger partial charge in [0.15, 0.2) is 0 Å². The van der Waals surface area contributed by atoms with E-state index in [0.717, 1.165) is 0 Å². The SMILES string of the molecule is Cc1cccc(C(=O)N2CCN(S(=O)(=O)c3c(Cl)cccc3Cl)CC2)c1[N+](=O)[O-]. The van der Waals surface area contributed by atoms with Gasteiger partial charge in [0, 0.05) is 31.7 Å². The summed E-state index contributed by atoms with van der Waals surface area (Å²) in [5, 5.41) is 11.4. The van der Waals surface area contributed by atoms with Crippen LogP contribution in [0.25, 0.3) is 0 Å². The number of hydrogen-bond donors (Lipinski definition) is 0. The number of halogens is 2. The summed E-state index contributed by atoms with van der Waals surface area (Å²) in [5.74, 6) is -0.506. The Morgan fingerprint density at radius 3 is 2.14 bits per heavy atom. The molecule has 1 fully saturated rings. The maximum Gasteiger partial charge on any atom is 0.285 e. The number of para-hydroxylation sites is 1. The summed E-state index contributed by atoms with van der Waals surface area (Å²) in [6.45, 7) is 1.79. The summed E-state index contributed by atoms with van der Waals surface area (Å²) in [7, 11) is -3.94. The van der Waals surface area contributed by atoms with E-state index in [1.54, 1.807) is 25.1 Å². The van der Waals surface area contributed by atoms with E-state index in [2.05, 4.69) is 0 Å². The second-order valence-corrected chi connectivity index (χ2v) is 9.16. The molecule has 1 amide bonds. The van der Waals surface area contributed by atoms with Gasteiger partial charge in [-0.3, -0.25) is 14.9 Å². The Bertz CT molecular complexity index is 1060. The quantitative estimate of drug-likeness (QED) is 0.517. The Kier molecular flexibility index (Phi) is 6.13. The van der Waals surface area contributed by atoms with Crippen LogP contribution < -0.4 is 0 Å². The molecule has 29 heavy (non-hydrogen) atoms. The molecule has 2 aromatic rings. The number of rotatable bonds is 4. The average Bonchev–Trinajstić information content (AvgIpc) is 2.66. The Balaban J connectivity index is 1.80. The number of nitrogens with zero attached hydrogens (tertiary/aromatic N) is 3. The van der Waals surface area contributed by atoms with Crippen LogP contribution in [0.5, 0.6) is 0 Å². The highest BCUT2D eigenvalue weighted by molar-refractivity contribution is 7.89. The first-order valence-corrected chi connectivity index (χ1v) is 10.8. The zero-order valence-corrected chi connectivity index (χ0v) is 17.7. The van der Waals surface area contributed by atoms with Crippen molar-refractivity contribution in [3.63, 3.8) is 0 Å². The molecule has 1 aliphatic heterocycles. The lowest BCUT2D eigenvalue weighted by Crippen LogP contribution is -2.50. The lowest BCUT2D eigenvalue weighted by Gasteiger charge is -2.34. The van der Waals surface area contributed by atoms with Gasteiger partial charge in [-0.2, -0.15) is 4.31 Å². The van der Waals surface area contributed by atoms with Crippen LogP contribution in [0.1, 0.15) is 15.9 Å². The minimum atomic E-state index is -3.94. The van der Waals surface area contributed by atoms with Crippen molar-refractivity contribution in [3.8, 4) is 0 Å². The molecule has 1 heterocycles. The second-order valence-electron chi connectivity index (χ2n) is 6.48. The fourth-order valence-electron chi connectivity index (χ4n) is 3.23. The normalized spacial score (nSPS) is 15.3. The van der Waals surface area contributed by atoms with E-state index in [1.165, 1.54) is 27.4 Å². The molecule has 154 valence electrons. The third kappa shape index (κ3) is 4.09. The minimum absolute atomic E-state index is 0.0135. The first-order valence-electron chi connectivity index (χ1n) is 8.62. The highest BCUT2D eigenvalue weighted by Crippen LogP contribution is 2.32. The van der Waals surface area contributed by atoms with Gasteiger partial charge >= 0.3 is 0 Å². The van der Waals surface area contributed by atoms with Crippen molar-refractivity contribution < 1.29 is 18.1 Å². The van der Waals surface area contributed by atoms with Crippen LogP contribution in [-0.2, 0) is 10.0 Å². The van der Waals surface area contributed by atoms with E-state index in [0.29, 0.717) is 5.56 Å². The molecule has 0 radical (unpaired) electrons. The maximum absolute atomic E-state index is 12.9. The molecular weight excluding hydrogens is 441 g/mol. The van der Waals surface area contributed by atoms with E-state index in [4.69, 9.17) is 23.2 Å². The van der Waals surface area contributed by atoms with Crippen LogP contribution in [0.3, 0.4) is 0 Å². The Hall–Kier alpha value is -2.20. The number of nitro benzene ring substituents is 1. The summed E-state index contributed by atoms with van der Waals surface area (Å²) >= 11 is 12.1. The smallest absolute Gasteiger partial charge is 0.285 e. The zero-order chi connectivity index (χ0) is 21.3. The predicted molar refractivity (Wildman–Crippen MR) is 109 cm³/mol. The van der Waals surface area contributed by atoms with Crippen LogP contribution in [0.15, 0.2) is 41.3 Å². The summed E-state index contributed by atoms with van der Waals surface area (Å²) in [6.07, 6.45) is 0. The van der Waals surface area contributed by atoms with Crippen molar-refractivity contribution >= 4 is 44.8 Å².